The average molecular weight is 258 g/mol. The van der Waals surface area contributed by atoms with Gasteiger partial charge in [-0.1, -0.05) is 30.3 Å². The smallest absolute Gasteiger partial charge is 0.345 e. The summed E-state index contributed by atoms with van der Waals surface area (Å²) in [7, 11) is 0. The Hall–Kier alpha value is -2.43. The Labute approximate surface area is 110 Å². The molecule has 0 saturated heterocycles. The standard InChI is InChI=1S/C14H14N2O3/c1-3-19-14(18)11-9(2)15-12(16-13(11)17)10-7-5-4-6-8-10/h4-8H,3H2,1-2H3,(H,15,16,17). The molecule has 5 nitrogen and oxygen atoms in total. The van der Waals surface area contributed by atoms with Crippen molar-refractivity contribution in [1.29, 1.82) is 0 Å². The highest BCUT2D eigenvalue weighted by Gasteiger charge is 2.17. The first-order valence-corrected chi connectivity index (χ1v) is 5.97. The van der Waals surface area contributed by atoms with Gasteiger partial charge in [-0.25, -0.2) is 9.78 Å². The summed E-state index contributed by atoms with van der Waals surface area (Å²) in [5, 5.41) is 0. The molecular weight excluding hydrogens is 244 g/mol. The number of ether oxygens (including phenoxy) is 1. The van der Waals surface area contributed by atoms with Crippen molar-refractivity contribution in [2.24, 2.45) is 0 Å². The summed E-state index contributed by atoms with van der Waals surface area (Å²) in [5.41, 5.74) is 0.630. The number of H-pyrrole nitrogens is 1. The molecule has 1 N–H and O–H groups in total. The fraction of sp³-hybridized carbons (Fsp3) is 0.214. The topological polar surface area (TPSA) is 72.0 Å². The van der Waals surface area contributed by atoms with Gasteiger partial charge in [-0.05, 0) is 13.8 Å². The van der Waals surface area contributed by atoms with Crippen LogP contribution in [0.1, 0.15) is 23.0 Å². The molecule has 1 aromatic heterocycles. The number of carbonyl (C=O) groups is 1. The summed E-state index contributed by atoms with van der Waals surface area (Å²) in [6.45, 7) is 3.53. The molecule has 0 spiro atoms. The van der Waals surface area contributed by atoms with Gasteiger partial charge in [0, 0.05) is 5.56 Å². The Balaban J connectivity index is 2.49. The molecule has 0 aliphatic heterocycles. The second-order valence-corrected chi connectivity index (χ2v) is 3.96. The highest BCUT2D eigenvalue weighted by molar-refractivity contribution is 5.90. The third-order valence-electron chi connectivity index (χ3n) is 2.63. The van der Waals surface area contributed by atoms with Crippen LogP contribution >= 0.6 is 0 Å². The fourth-order valence-corrected chi connectivity index (χ4v) is 1.76. The maximum absolute atomic E-state index is 12.0. The molecule has 2 aromatic rings. The number of aromatic amines is 1. The zero-order chi connectivity index (χ0) is 13.8. The number of rotatable bonds is 3. The first-order chi connectivity index (χ1) is 9.13. The van der Waals surface area contributed by atoms with Gasteiger partial charge in [0.25, 0.3) is 5.56 Å². The summed E-state index contributed by atoms with van der Waals surface area (Å²) in [5.74, 6) is -0.204. The zero-order valence-electron chi connectivity index (χ0n) is 10.8. The third-order valence-corrected chi connectivity index (χ3v) is 2.63. The van der Waals surface area contributed by atoms with Crippen LogP contribution in [0, 0.1) is 6.92 Å². The quantitative estimate of drug-likeness (QED) is 0.854. The number of hydrogen-bond acceptors (Lipinski definition) is 4. The number of nitrogens with zero attached hydrogens (tertiary/aromatic N) is 1. The van der Waals surface area contributed by atoms with Gasteiger partial charge in [0.1, 0.15) is 11.4 Å². The van der Waals surface area contributed by atoms with Gasteiger partial charge in [0.2, 0.25) is 0 Å². The Morgan fingerprint density at radius 3 is 2.58 bits per heavy atom. The number of aromatic nitrogens is 2. The summed E-state index contributed by atoms with van der Waals surface area (Å²) >= 11 is 0. The maximum Gasteiger partial charge on any atom is 0.345 e. The first kappa shape index (κ1) is 13.0. The van der Waals surface area contributed by atoms with E-state index in [2.05, 4.69) is 9.97 Å². The molecular formula is C14H14N2O3. The Morgan fingerprint density at radius 1 is 1.32 bits per heavy atom. The van der Waals surface area contributed by atoms with Crippen molar-refractivity contribution >= 4 is 5.97 Å². The van der Waals surface area contributed by atoms with Crippen molar-refractivity contribution in [3.05, 3.63) is 51.9 Å². The number of nitrogens with one attached hydrogen (secondary N) is 1. The van der Waals surface area contributed by atoms with Crippen LogP contribution in [0.5, 0.6) is 0 Å². The molecule has 1 heterocycles. The molecule has 0 bridgehead atoms. The van der Waals surface area contributed by atoms with E-state index in [1.54, 1.807) is 13.8 Å². The molecule has 0 radical (unpaired) electrons. The first-order valence-electron chi connectivity index (χ1n) is 5.97. The number of benzene rings is 1. The van der Waals surface area contributed by atoms with E-state index in [0.717, 1.165) is 5.56 Å². The lowest BCUT2D eigenvalue weighted by Crippen LogP contribution is -2.23. The largest absolute Gasteiger partial charge is 0.462 e. The van der Waals surface area contributed by atoms with E-state index in [9.17, 15) is 9.59 Å². The highest BCUT2D eigenvalue weighted by Crippen LogP contribution is 2.13. The molecule has 0 aliphatic rings. The van der Waals surface area contributed by atoms with Gasteiger partial charge in [0.15, 0.2) is 0 Å². The van der Waals surface area contributed by atoms with E-state index >= 15 is 0 Å². The van der Waals surface area contributed by atoms with Crippen molar-refractivity contribution in [2.45, 2.75) is 13.8 Å². The van der Waals surface area contributed by atoms with Crippen LogP contribution < -0.4 is 5.56 Å². The Morgan fingerprint density at radius 2 is 2.00 bits per heavy atom. The van der Waals surface area contributed by atoms with E-state index in [1.165, 1.54) is 0 Å². The van der Waals surface area contributed by atoms with Gasteiger partial charge < -0.3 is 9.72 Å². The van der Waals surface area contributed by atoms with Crippen LogP contribution in [0.25, 0.3) is 11.4 Å². The van der Waals surface area contributed by atoms with E-state index in [1.807, 2.05) is 30.3 Å². The Bertz CT molecular complexity index is 647. The molecule has 2 rings (SSSR count). The second kappa shape index (κ2) is 5.48. The maximum atomic E-state index is 12.0. The average Bonchev–Trinajstić information content (AvgIpc) is 2.39. The second-order valence-electron chi connectivity index (χ2n) is 3.96. The van der Waals surface area contributed by atoms with Crippen molar-refractivity contribution in [3.8, 4) is 11.4 Å². The van der Waals surface area contributed by atoms with Crippen LogP contribution in [-0.2, 0) is 4.74 Å². The van der Waals surface area contributed by atoms with Crippen LogP contribution in [0.15, 0.2) is 35.1 Å². The fourth-order valence-electron chi connectivity index (χ4n) is 1.76. The van der Waals surface area contributed by atoms with Crippen molar-refractivity contribution in [2.75, 3.05) is 6.61 Å². The minimum atomic E-state index is -0.645. The van der Waals surface area contributed by atoms with Crippen molar-refractivity contribution in [1.82, 2.24) is 9.97 Å². The lowest BCUT2D eigenvalue weighted by molar-refractivity contribution is 0.0523. The summed E-state index contributed by atoms with van der Waals surface area (Å²) in [4.78, 5) is 30.5. The van der Waals surface area contributed by atoms with Crippen molar-refractivity contribution < 1.29 is 9.53 Å². The van der Waals surface area contributed by atoms with Gasteiger partial charge in [-0.3, -0.25) is 4.79 Å². The van der Waals surface area contributed by atoms with E-state index in [4.69, 9.17) is 4.74 Å². The van der Waals surface area contributed by atoms with E-state index < -0.39 is 11.5 Å². The number of hydrogen-bond donors (Lipinski definition) is 1. The van der Waals surface area contributed by atoms with Crippen LogP contribution in [0.4, 0.5) is 0 Å². The number of esters is 1. The van der Waals surface area contributed by atoms with Crippen LogP contribution in [0.3, 0.4) is 0 Å². The molecule has 0 saturated carbocycles. The normalized spacial score (nSPS) is 10.2. The van der Waals surface area contributed by atoms with Gasteiger partial charge >= 0.3 is 5.97 Å². The van der Waals surface area contributed by atoms with Gasteiger partial charge in [0.05, 0.1) is 12.3 Å². The molecule has 19 heavy (non-hydrogen) atoms. The lowest BCUT2D eigenvalue weighted by atomic mass is 10.2. The monoisotopic (exact) mass is 258 g/mol. The van der Waals surface area contributed by atoms with Crippen LogP contribution in [-0.4, -0.2) is 22.5 Å². The Kier molecular flexibility index (Phi) is 3.75. The lowest BCUT2D eigenvalue weighted by Gasteiger charge is -2.06. The SMILES string of the molecule is CCOC(=O)c1c(C)nc(-c2ccccc2)[nH]c1=O. The van der Waals surface area contributed by atoms with E-state index in [-0.39, 0.29) is 12.2 Å². The summed E-state index contributed by atoms with van der Waals surface area (Å²) < 4.78 is 4.84. The number of aryl methyl sites for hydroxylation is 1. The number of carbonyl (C=O) groups excluding carboxylic acids is 1. The summed E-state index contributed by atoms with van der Waals surface area (Å²) in [6.07, 6.45) is 0. The molecule has 1 aromatic carbocycles. The molecule has 0 atom stereocenters. The van der Waals surface area contributed by atoms with Gasteiger partial charge in [-0.2, -0.15) is 0 Å². The molecule has 0 unspecified atom stereocenters. The minimum absolute atomic E-state index is 0.0402. The predicted octanol–water partition coefficient (Wildman–Crippen LogP) is 1.92. The molecule has 98 valence electrons. The molecule has 0 amide bonds. The van der Waals surface area contributed by atoms with Crippen molar-refractivity contribution in [3.63, 3.8) is 0 Å². The molecule has 0 fully saturated rings. The zero-order valence-corrected chi connectivity index (χ0v) is 10.8. The highest BCUT2D eigenvalue weighted by atomic mass is 16.5. The summed E-state index contributed by atoms with van der Waals surface area (Å²) in [6, 6.07) is 9.25. The minimum Gasteiger partial charge on any atom is -0.462 e. The molecule has 0 aliphatic carbocycles. The van der Waals surface area contributed by atoms with Gasteiger partial charge in [-0.15, -0.1) is 0 Å². The predicted molar refractivity (Wildman–Crippen MR) is 71.0 cm³/mol. The van der Waals surface area contributed by atoms with Crippen LogP contribution in [0.2, 0.25) is 0 Å². The van der Waals surface area contributed by atoms with E-state index in [0.29, 0.717) is 11.5 Å². The third kappa shape index (κ3) is 2.70. The molecule has 5 heteroatoms.